The second kappa shape index (κ2) is 7.45. The molecule has 1 unspecified atom stereocenters. The number of nitrogens with one attached hydrogen (secondary N) is 2. The van der Waals surface area contributed by atoms with E-state index in [0.29, 0.717) is 6.42 Å². The molecule has 0 radical (unpaired) electrons. The molecule has 0 saturated carbocycles. The molecule has 0 bridgehead atoms. The molecule has 17 heavy (non-hydrogen) atoms. The van der Waals surface area contributed by atoms with Crippen molar-refractivity contribution in [2.24, 2.45) is 0 Å². The van der Waals surface area contributed by atoms with Crippen molar-refractivity contribution in [1.82, 2.24) is 10.6 Å². The Labute approximate surface area is 108 Å². The number of amides is 1. The average molecular weight is 254 g/mol. The SMILES string of the molecule is CCNCCC(=O)NC(C)Cc1ccc(C)s1. The molecule has 96 valence electrons. The molecule has 0 aromatic carbocycles. The van der Waals surface area contributed by atoms with Gasteiger partial charge in [0.05, 0.1) is 0 Å². The summed E-state index contributed by atoms with van der Waals surface area (Å²) in [6.45, 7) is 7.87. The van der Waals surface area contributed by atoms with E-state index in [4.69, 9.17) is 0 Å². The fraction of sp³-hybridized carbons (Fsp3) is 0.615. The lowest BCUT2D eigenvalue weighted by atomic mass is 10.2. The van der Waals surface area contributed by atoms with Crippen molar-refractivity contribution in [3.8, 4) is 0 Å². The quantitative estimate of drug-likeness (QED) is 0.732. The molecular formula is C13H22N2OS. The zero-order valence-electron chi connectivity index (χ0n) is 10.9. The Bertz CT molecular complexity index is 349. The number of thiophene rings is 1. The van der Waals surface area contributed by atoms with E-state index in [2.05, 4.69) is 36.6 Å². The molecule has 0 saturated heterocycles. The first-order valence-corrected chi connectivity index (χ1v) is 6.99. The molecule has 1 heterocycles. The lowest BCUT2D eigenvalue weighted by molar-refractivity contribution is -0.121. The van der Waals surface area contributed by atoms with E-state index in [1.165, 1.54) is 9.75 Å². The van der Waals surface area contributed by atoms with Crippen LogP contribution in [-0.4, -0.2) is 25.0 Å². The Morgan fingerprint density at radius 1 is 1.47 bits per heavy atom. The van der Waals surface area contributed by atoms with E-state index < -0.39 is 0 Å². The molecule has 1 rings (SSSR count). The third-order valence-corrected chi connectivity index (χ3v) is 3.51. The van der Waals surface area contributed by atoms with Crippen molar-refractivity contribution in [2.45, 2.75) is 39.7 Å². The van der Waals surface area contributed by atoms with Crippen LogP contribution in [0.15, 0.2) is 12.1 Å². The molecule has 0 aliphatic carbocycles. The molecule has 2 N–H and O–H groups in total. The molecule has 0 spiro atoms. The Balaban J connectivity index is 2.24. The number of hydrogen-bond donors (Lipinski definition) is 2. The first-order valence-electron chi connectivity index (χ1n) is 6.17. The molecule has 1 atom stereocenters. The van der Waals surface area contributed by atoms with Gasteiger partial charge in [0.1, 0.15) is 0 Å². The van der Waals surface area contributed by atoms with Gasteiger partial charge in [-0.1, -0.05) is 6.92 Å². The lowest BCUT2D eigenvalue weighted by Crippen LogP contribution is -2.35. The standard InChI is InChI=1S/C13H22N2OS/c1-4-14-8-7-13(16)15-10(2)9-12-6-5-11(3)17-12/h5-6,10,14H,4,7-9H2,1-3H3,(H,15,16). The number of rotatable bonds is 7. The molecule has 3 nitrogen and oxygen atoms in total. The molecule has 0 aliphatic heterocycles. The Morgan fingerprint density at radius 2 is 2.24 bits per heavy atom. The summed E-state index contributed by atoms with van der Waals surface area (Å²) in [5, 5.41) is 6.17. The highest BCUT2D eigenvalue weighted by Crippen LogP contribution is 2.16. The van der Waals surface area contributed by atoms with Crippen LogP contribution < -0.4 is 10.6 Å². The molecule has 1 aromatic rings. The van der Waals surface area contributed by atoms with Crippen molar-refractivity contribution in [1.29, 1.82) is 0 Å². The smallest absolute Gasteiger partial charge is 0.221 e. The summed E-state index contributed by atoms with van der Waals surface area (Å²) < 4.78 is 0. The maximum absolute atomic E-state index is 11.6. The summed E-state index contributed by atoms with van der Waals surface area (Å²) in [5.41, 5.74) is 0. The average Bonchev–Trinajstić information content (AvgIpc) is 2.64. The third kappa shape index (κ3) is 5.84. The van der Waals surface area contributed by atoms with Crippen molar-refractivity contribution < 1.29 is 4.79 Å². The van der Waals surface area contributed by atoms with Crippen molar-refractivity contribution in [3.63, 3.8) is 0 Å². The second-order valence-corrected chi connectivity index (χ2v) is 5.66. The summed E-state index contributed by atoms with van der Waals surface area (Å²) in [4.78, 5) is 14.2. The molecule has 1 aromatic heterocycles. The minimum Gasteiger partial charge on any atom is -0.353 e. The molecule has 4 heteroatoms. The van der Waals surface area contributed by atoms with Crippen LogP contribution in [0.5, 0.6) is 0 Å². The monoisotopic (exact) mass is 254 g/mol. The van der Waals surface area contributed by atoms with Crippen LogP contribution in [0.3, 0.4) is 0 Å². The third-order valence-electron chi connectivity index (χ3n) is 2.49. The van der Waals surface area contributed by atoms with Crippen molar-refractivity contribution in [3.05, 3.63) is 21.9 Å². The first-order chi connectivity index (χ1) is 8.11. The van der Waals surface area contributed by atoms with Crippen molar-refractivity contribution in [2.75, 3.05) is 13.1 Å². The van der Waals surface area contributed by atoms with Crippen LogP contribution >= 0.6 is 11.3 Å². The van der Waals surface area contributed by atoms with E-state index >= 15 is 0 Å². The van der Waals surface area contributed by atoms with Crippen LogP contribution in [0.2, 0.25) is 0 Å². The lowest BCUT2D eigenvalue weighted by Gasteiger charge is -2.12. The Morgan fingerprint density at radius 3 is 2.82 bits per heavy atom. The van der Waals surface area contributed by atoms with Crippen molar-refractivity contribution >= 4 is 17.2 Å². The summed E-state index contributed by atoms with van der Waals surface area (Å²) >= 11 is 1.80. The fourth-order valence-corrected chi connectivity index (χ4v) is 2.69. The predicted molar refractivity (Wildman–Crippen MR) is 73.5 cm³/mol. The van der Waals surface area contributed by atoms with Crippen LogP contribution in [0, 0.1) is 6.92 Å². The number of aryl methyl sites for hydroxylation is 1. The summed E-state index contributed by atoms with van der Waals surface area (Å²) in [7, 11) is 0. The Kier molecular flexibility index (Phi) is 6.22. The molecular weight excluding hydrogens is 232 g/mol. The van der Waals surface area contributed by atoms with Gasteiger partial charge < -0.3 is 10.6 Å². The zero-order chi connectivity index (χ0) is 12.7. The molecule has 0 fully saturated rings. The van der Waals surface area contributed by atoms with Gasteiger partial charge in [-0.05, 0) is 32.5 Å². The number of carbonyl (C=O) groups excluding carboxylic acids is 1. The van der Waals surface area contributed by atoms with E-state index in [1.54, 1.807) is 11.3 Å². The van der Waals surface area contributed by atoms with Gasteiger partial charge in [-0.3, -0.25) is 4.79 Å². The Hall–Kier alpha value is -0.870. The highest BCUT2D eigenvalue weighted by molar-refractivity contribution is 7.11. The van der Waals surface area contributed by atoms with Gasteiger partial charge in [0.15, 0.2) is 0 Å². The van der Waals surface area contributed by atoms with Gasteiger partial charge in [-0.15, -0.1) is 11.3 Å². The van der Waals surface area contributed by atoms with E-state index in [0.717, 1.165) is 19.5 Å². The van der Waals surface area contributed by atoms with E-state index in [9.17, 15) is 4.79 Å². The topological polar surface area (TPSA) is 41.1 Å². The van der Waals surface area contributed by atoms with Gasteiger partial charge >= 0.3 is 0 Å². The van der Waals surface area contributed by atoms with E-state index in [1.807, 2.05) is 6.92 Å². The zero-order valence-corrected chi connectivity index (χ0v) is 11.7. The van der Waals surface area contributed by atoms with Gasteiger partial charge in [-0.2, -0.15) is 0 Å². The van der Waals surface area contributed by atoms with Gasteiger partial charge in [0.25, 0.3) is 0 Å². The fourth-order valence-electron chi connectivity index (χ4n) is 1.67. The minimum absolute atomic E-state index is 0.131. The minimum atomic E-state index is 0.131. The van der Waals surface area contributed by atoms with Gasteiger partial charge in [-0.25, -0.2) is 0 Å². The molecule has 0 aliphatic rings. The maximum Gasteiger partial charge on any atom is 0.221 e. The van der Waals surface area contributed by atoms with Gasteiger partial charge in [0.2, 0.25) is 5.91 Å². The van der Waals surface area contributed by atoms with Gasteiger partial charge in [0, 0.05) is 35.2 Å². The predicted octanol–water partition coefficient (Wildman–Crippen LogP) is 2.10. The van der Waals surface area contributed by atoms with Crippen LogP contribution in [0.1, 0.15) is 30.0 Å². The largest absolute Gasteiger partial charge is 0.353 e. The highest BCUT2D eigenvalue weighted by Gasteiger charge is 2.08. The normalized spacial score (nSPS) is 12.4. The number of hydrogen-bond acceptors (Lipinski definition) is 3. The summed E-state index contributed by atoms with van der Waals surface area (Å²) in [6.07, 6.45) is 1.48. The summed E-state index contributed by atoms with van der Waals surface area (Å²) in [5.74, 6) is 0.131. The second-order valence-electron chi connectivity index (χ2n) is 4.29. The molecule has 1 amide bonds. The van der Waals surface area contributed by atoms with E-state index in [-0.39, 0.29) is 11.9 Å². The maximum atomic E-state index is 11.6. The summed E-state index contributed by atoms with van der Waals surface area (Å²) in [6, 6.07) is 4.48. The van der Waals surface area contributed by atoms with Crippen LogP contribution in [-0.2, 0) is 11.2 Å². The highest BCUT2D eigenvalue weighted by atomic mass is 32.1. The van der Waals surface area contributed by atoms with Crippen LogP contribution in [0.4, 0.5) is 0 Å². The first kappa shape index (κ1) is 14.2. The van der Waals surface area contributed by atoms with Crippen LogP contribution in [0.25, 0.3) is 0 Å². The number of carbonyl (C=O) groups is 1.